The molecule has 4 rings (SSSR count). The number of sulfonamides is 1. The van der Waals surface area contributed by atoms with E-state index in [1.165, 1.54) is 22.9 Å². The summed E-state index contributed by atoms with van der Waals surface area (Å²) in [5.74, 6) is 0. The molecule has 0 aliphatic heterocycles. The van der Waals surface area contributed by atoms with Crippen molar-refractivity contribution in [3.05, 3.63) is 84.6 Å². The summed E-state index contributed by atoms with van der Waals surface area (Å²) in [6, 6.07) is 14.8. The molecule has 0 unspecified atom stereocenters. The van der Waals surface area contributed by atoms with Crippen molar-refractivity contribution in [2.45, 2.75) is 5.03 Å². The molecule has 4 aromatic rings. The topological polar surface area (TPSA) is 136 Å². The van der Waals surface area contributed by atoms with Crippen LogP contribution in [0, 0.1) is 10.8 Å². The minimum Gasteiger partial charge on any atom is -0.393 e. The lowest BCUT2D eigenvalue weighted by atomic mass is 10.1. The first-order chi connectivity index (χ1) is 16.0. The highest BCUT2D eigenvalue weighted by Crippen LogP contribution is 2.25. The van der Waals surface area contributed by atoms with Crippen LogP contribution in [-0.4, -0.2) is 42.3 Å². The van der Waals surface area contributed by atoms with Crippen LogP contribution in [-0.2, 0) is 10.0 Å². The molecular weight excluding hydrogens is 438 g/mol. The van der Waals surface area contributed by atoms with E-state index in [0.717, 1.165) is 23.6 Å². The lowest BCUT2D eigenvalue weighted by Crippen LogP contribution is -2.17. The molecule has 166 valence electrons. The maximum atomic E-state index is 13.3. The fraction of sp³-hybridized carbons (Fsp3) is 0.0435. The molecule has 0 bridgehead atoms. The number of nitrogens with one attached hydrogen (secondary N) is 4. The van der Waals surface area contributed by atoms with Crippen LogP contribution in [0.15, 0.2) is 78.3 Å². The summed E-state index contributed by atoms with van der Waals surface area (Å²) in [7, 11) is -2.38. The highest BCUT2D eigenvalue weighted by atomic mass is 32.2. The van der Waals surface area contributed by atoms with E-state index in [0.29, 0.717) is 16.8 Å². The first-order valence-corrected chi connectivity index (χ1v) is 11.4. The number of nitrogens with zero attached hydrogens (tertiary/aromatic N) is 3. The number of fused-ring (bicyclic) bond motifs is 1. The van der Waals surface area contributed by atoms with Crippen molar-refractivity contribution < 1.29 is 8.42 Å². The van der Waals surface area contributed by atoms with Gasteiger partial charge in [0.1, 0.15) is 11.3 Å². The SMILES string of the molecule is CN/C=C(\C=N)c1cnc(C=N)c(NS(=O)(=O)c2cnc3ccc(-c4ccccc4)cn23)c1. The van der Waals surface area contributed by atoms with Crippen molar-refractivity contribution >= 4 is 39.4 Å². The quantitative estimate of drug-likeness (QED) is 0.299. The number of aromatic nitrogens is 3. The molecule has 0 fully saturated rings. The molecule has 0 aliphatic rings. The van der Waals surface area contributed by atoms with Crippen molar-refractivity contribution in [2.24, 2.45) is 0 Å². The van der Waals surface area contributed by atoms with Gasteiger partial charge in [0.2, 0.25) is 0 Å². The molecule has 9 nitrogen and oxygen atoms in total. The number of pyridine rings is 2. The van der Waals surface area contributed by atoms with Gasteiger partial charge in [0, 0.05) is 49.2 Å². The average Bonchev–Trinajstić information content (AvgIpc) is 3.27. The zero-order chi connectivity index (χ0) is 23.4. The first-order valence-electron chi connectivity index (χ1n) is 9.91. The van der Waals surface area contributed by atoms with Crippen LogP contribution >= 0.6 is 0 Å². The molecule has 0 saturated heterocycles. The predicted molar refractivity (Wildman–Crippen MR) is 129 cm³/mol. The number of anilines is 1. The standard InChI is InChI=1S/C23H21N7O2S/c1-26-12-19(10-24)18-9-20(21(11-25)27-13-18)29-33(31,32)23-14-28-22-8-7-17(15-30(22)23)16-5-3-2-4-6-16/h2-15,24-26,29H,1H3/b19-12+,24-10?,25-11?. The Balaban J connectivity index is 1.77. The van der Waals surface area contributed by atoms with E-state index in [9.17, 15) is 8.42 Å². The molecular formula is C23H21N7O2S. The number of rotatable bonds is 8. The van der Waals surface area contributed by atoms with Gasteiger partial charge in [0.05, 0.1) is 11.9 Å². The number of hydrogen-bond donors (Lipinski definition) is 4. The van der Waals surface area contributed by atoms with Crippen LogP contribution < -0.4 is 10.0 Å². The Morgan fingerprint density at radius 2 is 1.82 bits per heavy atom. The largest absolute Gasteiger partial charge is 0.393 e. The van der Waals surface area contributed by atoms with Gasteiger partial charge in [0.15, 0.2) is 5.03 Å². The highest BCUT2D eigenvalue weighted by molar-refractivity contribution is 7.92. The van der Waals surface area contributed by atoms with Crippen LogP contribution in [0.25, 0.3) is 22.3 Å². The Hall–Kier alpha value is -4.31. The Bertz CT molecular complexity index is 1480. The summed E-state index contributed by atoms with van der Waals surface area (Å²) in [6.45, 7) is 0. The molecule has 0 saturated carbocycles. The molecule has 0 spiro atoms. The van der Waals surface area contributed by atoms with Crippen LogP contribution in [0.4, 0.5) is 5.69 Å². The van der Waals surface area contributed by atoms with Gasteiger partial charge in [-0.1, -0.05) is 30.3 Å². The number of imidazole rings is 1. The van der Waals surface area contributed by atoms with E-state index in [4.69, 9.17) is 10.8 Å². The molecule has 3 heterocycles. The Morgan fingerprint density at radius 3 is 2.52 bits per heavy atom. The van der Waals surface area contributed by atoms with Crippen LogP contribution in [0.3, 0.4) is 0 Å². The van der Waals surface area contributed by atoms with E-state index in [1.807, 2.05) is 36.4 Å². The molecule has 1 aromatic carbocycles. The van der Waals surface area contributed by atoms with Gasteiger partial charge >= 0.3 is 0 Å². The lowest BCUT2D eigenvalue weighted by molar-refractivity contribution is 0.596. The molecule has 33 heavy (non-hydrogen) atoms. The van der Waals surface area contributed by atoms with E-state index < -0.39 is 10.0 Å². The zero-order valence-electron chi connectivity index (χ0n) is 17.6. The molecule has 3 aromatic heterocycles. The van der Waals surface area contributed by atoms with Gasteiger partial charge < -0.3 is 16.1 Å². The van der Waals surface area contributed by atoms with Gasteiger partial charge in [0.25, 0.3) is 10.0 Å². The monoisotopic (exact) mass is 459 g/mol. The third-order valence-corrected chi connectivity index (χ3v) is 6.28. The third kappa shape index (κ3) is 4.37. The average molecular weight is 460 g/mol. The molecule has 0 aliphatic carbocycles. The maximum absolute atomic E-state index is 13.3. The second-order valence-corrected chi connectivity index (χ2v) is 8.68. The van der Waals surface area contributed by atoms with Crippen molar-refractivity contribution in [1.29, 1.82) is 10.8 Å². The predicted octanol–water partition coefficient (Wildman–Crippen LogP) is 3.40. The molecule has 0 atom stereocenters. The second-order valence-electron chi connectivity index (χ2n) is 7.05. The summed E-state index contributed by atoms with van der Waals surface area (Å²) >= 11 is 0. The van der Waals surface area contributed by atoms with Crippen molar-refractivity contribution in [3.63, 3.8) is 0 Å². The van der Waals surface area contributed by atoms with E-state index in [2.05, 4.69) is 20.0 Å². The van der Waals surface area contributed by atoms with Gasteiger partial charge in [-0.15, -0.1) is 0 Å². The van der Waals surface area contributed by atoms with E-state index >= 15 is 0 Å². The number of hydrogen-bond acceptors (Lipinski definition) is 7. The van der Waals surface area contributed by atoms with Gasteiger partial charge in [-0.3, -0.25) is 14.1 Å². The smallest absolute Gasteiger partial charge is 0.279 e. The zero-order valence-corrected chi connectivity index (χ0v) is 18.5. The van der Waals surface area contributed by atoms with Crippen molar-refractivity contribution in [2.75, 3.05) is 11.8 Å². The summed E-state index contributed by atoms with van der Waals surface area (Å²) in [5, 5.41) is 18.0. The van der Waals surface area contributed by atoms with Crippen LogP contribution in [0.5, 0.6) is 0 Å². The fourth-order valence-electron chi connectivity index (χ4n) is 3.35. The molecule has 10 heteroatoms. The van der Waals surface area contributed by atoms with Crippen molar-refractivity contribution in [3.8, 4) is 11.1 Å². The Morgan fingerprint density at radius 1 is 1.03 bits per heavy atom. The van der Waals surface area contributed by atoms with Gasteiger partial charge in [-0.25, -0.2) is 4.98 Å². The first kappa shape index (κ1) is 21.9. The fourth-order valence-corrected chi connectivity index (χ4v) is 4.50. The Labute approximate surface area is 190 Å². The van der Waals surface area contributed by atoms with Crippen LogP contribution in [0.1, 0.15) is 11.3 Å². The van der Waals surface area contributed by atoms with E-state index in [-0.39, 0.29) is 16.4 Å². The third-order valence-electron chi connectivity index (χ3n) is 4.94. The minimum absolute atomic E-state index is 0.0466. The maximum Gasteiger partial charge on any atom is 0.279 e. The summed E-state index contributed by atoms with van der Waals surface area (Å²) in [6.07, 6.45) is 8.19. The molecule has 0 amide bonds. The lowest BCUT2D eigenvalue weighted by Gasteiger charge is -2.12. The van der Waals surface area contributed by atoms with Gasteiger partial charge in [-0.05, 0) is 29.3 Å². The van der Waals surface area contributed by atoms with E-state index in [1.54, 1.807) is 25.5 Å². The molecule has 4 N–H and O–H groups in total. The van der Waals surface area contributed by atoms with Gasteiger partial charge in [-0.2, -0.15) is 8.42 Å². The normalized spacial score (nSPS) is 11.8. The Kier molecular flexibility index (Phi) is 6.01. The highest BCUT2D eigenvalue weighted by Gasteiger charge is 2.22. The van der Waals surface area contributed by atoms with Crippen LogP contribution in [0.2, 0.25) is 0 Å². The summed E-state index contributed by atoms with van der Waals surface area (Å²) in [4.78, 5) is 8.39. The van der Waals surface area contributed by atoms with Crippen molar-refractivity contribution in [1.82, 2.24) is 19.7 Å². The second kappa shape index (κ2) is 9.05. The summed E-state index contributed by atoms with van der Waals surface area (Å²) in [5.41, 5.74) is 3.57. The number of benzene rings is 1. The molecule has 0 radical (unpaired) electrons. The minimum atomic E-state index is -4.07. The summed E-state index contributed by atoms with van der Waals surface area (Å²) < 4.78 is 30.7. The number of allylic oxidation sites excluding steroid dienone is 1.